The molecule has 3 aromatic rings. The summed E-state index contributed by atoms with van der Waals surface area (Å²) in [6.45, 7) is 5.29. The van der Waals surface area contributed by atoms with E-state index >= 15 is 0 Å². The zero-order valence-electron chi connectivity index (χ0n) is 24.0. The van der Waals surface area contributed by atoms with E-state index < -0.39 is 42.2 Å². The minimum atomic E-state index is -1.82. The van der Waals surface area contributed by atoms with Crippen LogP contribution in [0.3, 0.4) is 0 Å². The number of hydrogen-bond acceptors (Lipinski definition) is 7. The molecule has 220 valence electrons. The fraction of sp³-hybridized carbons (Fsp3) is 0.424. The summed E-state index contributed by atoms with van der Waals surface area (Å²) in [7, 11) is 0. The molecular weight excluding hydrogens is 522 g/mol. The van der Waals surface area contributed by atoms with Crippen LogP contribution in [0.5, 0.6) is 0 Å². The Morgan fingerprint density at radius 2 is 1.32 bits per heavy atom. The van der Waals surface area contributed by atoms with Crippen molar-refractivity contribution in [2.75, 3.05) is 19.8 Å². The van der Waals surface area contributed by atoms with Gasteiger partial charge in [0, 0.05) is 0 Å². The zero-order chi connectivity index (χ0) is 29.3. The first kappa shape index (κ1) is 30.7. The predicted molar refractivity (Wildman–Crippen MR) is 155 cm³/mol. The van der Waals surface area contributed by atoms with Gasteiger partial charge in [0.2, 0.25) is 0 Å². The van der Waals surface area contributed by atoms with Gasteiger partial charge in [0.15, 0.2) is 0 Å². The van der Waals surface area contributed by atoms with Crippen LogP contribution in [0.4, 0.5) is 4.79 Å². The SMILES string of the molecule is CC(C)(C)OC(=O)N1C[C@@](O)(CO)[C@@H](OCc2ccccc2)[C@@H](OCc2ccccc2)[C@@H]1COCc1ccccc1. The van der Waals surface area contributed by atoms with Crippen molar-refractivity contribution in [2.45, 2.75) is 70.0 Å². The first-order valence-electron chi connectivity index (χ1n) is 13.9. The molecule has 8 heteroatoms. The second kappa shape index (κ2) is 14.1. The lowest BCUT2D eigenvalue weighted by Crippen LogP contribution is -2.72. The molecule has 0 saturated carbocycles. The average molecular weight is 564 g/mol. The summed E-state index contributed by atoms with van der Waals surface area (Å²) in [6, 6.07) is 28.3. The molecule has 3 aromatic carbocycles. The summed E-state index contributed by atoms with van der Waals surface area (Å²) in [4.78, 5) is 14.9. The molecule has 1 aliphatic heterocycles. The zero-order valence-corrected chi connectivity index (χ0v) is 24.0. The molecule has 1 aliphatic rings. The van der Waals surface area contributed by atoms with Crippen LogP contribution in [0.2, 0.25) is 0 Å². The van der Waals surface area contributed by atoms with E-state index in [2.05, 4.69) is 0 Å². The monoisotopic (exact) mass is 563 g/mol. The molecule has 1 saturated heterocycles. The molecule has 1 fully saturated rings. The van der Waals surface area contributed by atoms with Gasteiger partial charge in [-0.3, -0.25) is 4.90 Å². The third-order valence-corrected chi connectivity index (χ3v) is 6.91. The minimum Gasteiger partial charge on any atom is -0.444 e. The van der Waals surface area contributed by atoms with Crippen LogP contribution in [0.15, 0.2) is 91.0 Å². The second-order valence-corrected chi connectivity index (χ2v) is 11.4. The van der Waals surface area contributed by atoms with Crippen LogP contribution in [0.25, 0.3) is 0 Å². The maximum atomic E-state index is 13.5. The van der Waals surface area contributed by atoms with Crippen molar-refractivity contribution < 1.29 is 34.0 Å². The van der Waals surface area contributed by atoms with Gasteiger partial charge in [0.1, 0.15) is 23.4 Å². The Morgan fingerprint density at radius 1 is 0.829 bits per heavy atom. The number of carbonyl (C=O) groups is 1. The molecule has 41 heavy (non-hydrogen) atoms. The number of aliphatic hydroxyl groups is 2. The molecule has 8 nitrogen and oxygen atoms in total. The van der Waals surface area contributed by atoms with Crippen molar-refractivity contribution in [3.05, 3.63) is 108 Å². The highest BCUT2D eigenvalue weighted by Crippen LogP contribution is 2.34. The molecule has 0 unspecified atom stereocenters. The van der Waals surface area contributed by atoms with Crippen LogP contribution in [-0.2, 0) is 38.8 Å². The van der Waals surface area contributed by atoms with Crippen molar-refractivity contribution in [3.8, 4) is 0 Å². The van der Waals surface area contributed by atoms with Crippen molar-refractivity contribution in [3.63, 3.8) is 0 Å². The molecule has 0 bridgehead atoms. The standard InChI is InChI=1S/C33H41NO7/c1-32(2,3)41-31(36)34-23-33(37,24-35)30(40-21-27-17-11-6-12-18-27)29(39-20-26-15-9-5-10-16-26)28(34)22-38-19-25-13-7-4-8-14-25/h4-18,28-30,35,37H,19-24H2,1-3H3/t28-,29-,30-,33+/m0/s1. The Kier molecular flexibility index (Phi) is 10.5. The summed E-state index contributed by atoms with van der Waals surface area (Å²) in [5.74, 6) is 0. The Hall–Kier alpha value is -3.27. The number of piperidine rings is 1. The van der Waals surface area contributed by atoms with Crippen molar-refractivity contribution in [1.82, 2.24) is 4.90 Å². The molecule has 4 atom stereocenters. The first-order chi connectivity index (χ1) is 19.7. The number of nitrogens with zero attached hydrogens (tertiary/aromatic N) is 1. The quantitative estimate of drug-likeness (QED) is 0.349. The predicted octanol–water partition coefficient (Wildman–Crippen LogP) is 4.72. The van der Waals surface area contributed by atoms with E-state index in [1.54, 1.807) is 20.8 Å². The lowest BCUT2D eigenvalue weighted by atomic mass is 9.83. The van der Waals surface area contributed by atoms with E-state index in [9.17, 15) is 15.0 Å². The highest BCUT2D eigenvalue weighted by atomic mass is 16.6. The van der Waals surface area contributed by atoms with Crippen LogP contribution >= 0.6 is 0 Å². The number of hydrogen-bond donors (Lipinski definition) is 2. The van der Waals surface area contributed by atoms with E-state index in [-0.39, 0.29) is 26.4 Å². The summed E-state index contributed by atoms with van der Waals surface area (Å²) in [5.41, 5.74) is 0.215. The number of ether oxygens (including phenoxy) is 4. The van der Waals surface area contributed by atoms with E-state index in [1.165, 1.54) is 4.90 Å². The van der Waals surface area contributed by atoms with E-state index in [1.807, 2.05) is 91.0 Å². The van der Waals surface area contributed by atoms with E-state index in [4.69, 9.17) is 18.9 Å². The van der Waals surface area contributed by atoms with Crippen LogP contribution in [0, 0.1) is 0 Å². The maximum Gasteiger partial charge on any atom is 0.410 e. The molecular formula is C33H41NO7. The minimum absolute atomic E-state index is 0.0975. The highest BCUT2D eigenvalue weighted by molar-refractivity contribution is 5.69. The highest BCUT2D eigenvalue weighted by Gasteiger charge is 2.55. The Labute approximate surface area is 242 Å². The molecule has 4 rings (SSSR count). The summed E-state index contributed by atoms with van der Waals surface area (Å²) in [6.07, 6.45) is -2.46. The smallest absolute Gasteiger partial charge is 0.410 e. The first-order valence-corrected chi connectivity index (χ1v) is 13.9. The fourth-order valence-corrected chi connectivity index (χ4v) is 4.88. The number of benzene rings is 3. The summed E-state index contributed by atoms with van der Waals surface area (Å²) >= 11 is 0. The van der Waals surface area contributed by atoms with Crippen molar-refractivity contribution in [2.24, 2.45) is 0 Å². The lowest BCUT2D eigenvalue weighted by Gasteiger charge is -2.51. The number of β-amino-alcohol motifs (C(OH)–C–C–N with tert-alkyl or cyclic N) is 1. The van der Waals surface area contributed by atoms with Crippen LogP contribution in [0.1, 0.15) is 37.5 Å². The lowest BCUT2D eigenvalue weighted by molar-refractivity contribution is -0.240. The van der Waals surface area contributed by atoms with Crippen LogP contribution < -0.4 is 0 Å². The number of carbonyl (C=O) groups excluding carboxylic acids is 1. The molecule has 0 spiro atoms. The fourth-order valence-electron chi connectivity index (χ4n) is 4.88. The summed E-state index contributed by atoms with van der Waals surface area (Å²) in [5, 5.41) is 22.2. The van der Waals surface area contributed by atoms with Gasteiger partial charge in [-0.2, -0.15) is 0 Å². The molecule has 1 heterocycles. The third kappa shape index (κ3) is 8.61. The molecule has 1 amide bonds. The normalized spacial score (nSPS) is 22.9. The van der Waals surface area contributed by atoms with Gasteiger partial charge in [-0.1, -0.05) is 91.0 Å². The Balaban J connectivity index is 1.66. The van der Waals surface area contributed by atoms with E-state index in [0.717, 1.165) is 16.7 Å². The van der Waals surface area contributed by atoms with Gasteiger partial charge in [0.05, 0.1) is 45.6 Å². The van der Waals surface area contributed by atoms with Gasteiger partial charge in [0.25, 0.3) is 0 Å². The molecule has 2 N–H and O–H groups in total. The molecule has 0 aromatic heterocycles. The number of aliphatic hydroxyl groups excluding tert-OH is 1. The topological polar surface area (TPSA) is 97.7 Å². The van der Waals surface area contributed by atoms with Crippen molar-refractivity contribution in [1.29, 1.82) is 0 Å². The molecule has 0 radical (unpaired) electrons. The van der Waals surface area contributed by atoms with Gasteiger partial charge in [-0.15, -0.1) is 0 Å². The average Bonchev–Trinajstić information content (AvgIpc) is 2.97. The van der Waals surface area contributed by atoms with Gasteiger partial charge in [-0.05, 0) is 37.5 Å². The number of amides is 1. The summed E-state index contributed by atoms with van der Waals surface area (Å²) < 4.78 is 24.7. The van der Waals surface area contributed by atoms with Gasteiger partial charge in [-0.25, -0.2) is 4.79 Å². The largest absolute Gasteiger partial charge is 0.444 e. The Morgan fingerprint density at radius 3 is 1.80 bits per heavy atom. The maximum absolute atomic E-state index is 13.5. The van der Waals surface area contributed by atoms with E-state index in [0.29, 0.717) is 6.61 Å². The van der Waals surface area contributed by atoms with Gasteiger partial charge < -0.3 is 29.2 Å². The third-order valence-electron chi connectivity index (χ3n) is 6.91. The molecule has 0 aliphatic carbocycles. The Bertz CT molecular complexity index is 1200. The number of likely N-dealkylation sites (tertiary alicyclic amines) is 1. The van der Waals surface area contributed by atoms with Gasteiger partial charge >= 0.3 is 6.09 Å². The van der Waals surface area contributed by atoms with Crippen molar-refractivity contribution >= 4 is 6.09 Å². The van der Waals surface area contributed by atoms with Crippen LogP contribution in [-0.4, -0.2) is 70.4 Å². The number of rotatable bonds is 11. The second-order valence-electron chi connectivity index (χ2n) is 11.4.